The highest BCUT2D eigenvalue weighted by atomic mass is 79.9. The molecule has 0 amide bonds. The second-order valence-electron chi connectivity index (χ2n) is 28.6. The fourth-order valence-corrected chi connectivity index (χ4v) is 13.8. The predicted molar refractivity (Wildman–Crippen MR) is 402 cm³/mol. The van der Waals surface area contributed by atoms with Crippen LogP contribution in [-0.4, -0.2) is 73.0 Å². The topological polar surface area (TPSA) is 75.1 Å². The quantitative estimate of drug-likeness (QED) is 0.141. The summed E-state index contributed by atoms with van der Waals surface area (Å²) in [6, 6.07) is 86.8. The molecule has 4 aromatic heterocycles. The van der Waals surface area contributed by atoms with E-state index in [1.165, 1.54) is 99.0 Å². The molecule has 17 rings (SSSR count). The molecule has 3 fully saturated rings. The van der Waals surface area contributed by atoms with Crippen molar-refractivity contribution in [1.29, 1.82) is 0 Å². The molecular formula is C82H78B3BrN4O6. The van der Waals surface area contributed by atoms with Gasteiger partial charge < -0.3 is 46.2 Å². The molecule has 3 saturated heterocycles. The lowest BCUT2D eigenvalue weighted by Gasteiger charge is -2.32. The molecule has 10 nitrogen and oxygen atoms in total. The van der Waals surface area contributed by atoms with Crippen molar-refractivity contribution in [2.45, 2.75) is 117 Å². The maximum atomic E-state index is 6.28. The first-order valence-corrected chi connectivity index (χ1v) is 34.1. The average Bonchev–Trinajstić information content (AvgIpc) is 1.57. The van der Waals surface area contributed by atoms with Gasteiger partial charge in [0.2, 0.25) is 0 Å². The Labute approximate surface area is 571 Å². The summed E-state index contributed by atoms with van der Waals surface area (Å²) in [6.45, 7) is 24.6. The lowest BCUT2D eigenvalue weighted by molar-refractivity contribution is 0.00578. The van der Waals surface area contributed by atoms with E-state index in [9.17, 15) is 0 Å². The number of nitrogens with zero attached hydrogens (tertiary/aromatic N) is 4. The van der Waals surface area contributed by atoms with Crippen molar-refractivity contribution < 1.29 is 27.9 Å². The minimum Gasteiger partial charge on any atom is -0.405 e. The Morgan fingerprint density at radius 3 is 0.958 bits per heavy atom. The van der Waals surface area contributed by atoms with E-state index in [-0.39, 0.29) is 40.7 Å². The van der Waals surface area contributed by atoms with Gasteiger partial charge in [-0.15, -0.1) is 0 Å². The number of rotatable bonds is 8. The molecule has 96 heavy (non-hydrogen) atoms. The van der Waals surface area contributed by atoms with E-state index >= 15 is 0 Å². The van der Waals surface area contributed by atoms with Gasteiger partial charge in [-0.3, -0.25) is 0 Å². The van der Waals surface area contributed by atoms with Gasteiger partial charge in [0.25, 0.3) is 0 Å². The molecule has 0 radical (unpaired) electrons. The molecule has 7 heterocycles. The number of aromatic nitrogens is 4. The zero-order chi connectivity index (χ0) is 66.7. The zero-order valence-corrected chi connectivity index (χ0v) is 58.2. The van der Waals surface area contributed by atoms with Gasteiger partial charge in [-0.05, 0) is 220 Å². The molecule has 0 atom stereocenters. The number of fused-ring (bicyclic) bond motifs is 10. The van der Waals surface area contributed by atoms with Crippen LogP contribution in [0.15, 0.2) is 260 Å². The van der Waals surface area contributed by atoms with E-state index < -0.39 is 14.0 Å². The summed E-state index contributed by atoms with van der Waals surface area (Å²) >= 11 is 3.56. The maximum Gasteiger partial charge on any atom is 0.494 e. The van der Waals surface area contributed by atoms with Crippen LogP contribution in [0.3, 0.4) is 0 Å². The molecule has 0 N–H and O–H groups in total. The summed E-state index contributed by atoms with van der Waals surface area (Å²) in [5, 5.41) is 7.49. The number of halogens is 1. The van der Waals surface area contributed by atoms with Crippen molar-refractivity contribution in [3.8, 4) is 45.0 Å². The van der Waals surface area contributed by atoms with Gasteiger partial charge in [0.1, 0.15) is 0 Å². The molecule has 0 aliphatic carbocycles. The van der Waals surface area contributed by atoms with Crippen LogP contribution in [-0.2, 0) is 27.9 Å². The molecule has 0 spiro atoms. The largest absolute Gasteiger partial charge is 0.494 e. The first-order chi connectivity index (χ1) is 46.0. The first kappa shape index (κ1) is 63.4. The Bertz CT molecular complexity index is 5140. The van der Waals surface area contributed by atoms with E-state index in [0.717, 1.165) is 21.3 Å². The number of para-hydroxylation sites is 4. The second-order valence-corrected chi connectivity index (χ2v) is 29.5. The summed E-state index contributed by atoms with van der Waals surface area (Å²) in [4.78, 5) is 0. The van der Waals surface area contributed by atoms with E-state index in [0.29, 0.717) is 0 Å². The van der Waals surface area contributed by atoms with Crippen LogP contribution in [0.1, 0.15) is 83.1 Å². The van der Waals surface area contributed by atoms with Crippen molar-refractivity contribution in [3.05, 3.63) is 260 Å². The first-order valence-electron chi connectivity index (χ1n) is 33.3. The Balaban J connectivity index is 0.000000128. The highest BCUT2D eigenvalue weighted by molar-refractivity contribution is 9.10. The molecule has 10 aromatic carbocycles. The summed E-state index contributed by atoms with van der Waals surface area (Å²) in [5.74, 6) is 0. The highest BCUT2D eigenvalue weighted by Crippen LogP contribution is 2.45. The van der Waals surface area contributed by atoms with Gasteiger partial charge in [0, 0.05) is 71.9 Å². The molecular weight excluding hydrogens is 1250 g/mol. The normalized spacial score (nSPS) is 17.4. The lowest BCUT2D eigenvalue weighted by Crippen LogP contribution is -2.41. The Morgan fingerprint density at radius 1 is 0.281 bits per heavy atom. The highest BCUT2D eigenvalue weighted by Gasteiger charge is 2.64. The minimum absolute atomic E-state index is 0.359. The van der Waals surface area contributed by atoms with Crippen molar-refractivity contribution in [2.75, 3.05) is 0 Å². The molecule has 478 valence electrons. The van der Waals surface area contributed by atoms with Crippen molar-refractivity contribution in [3.63, 3.8) is 0 Å². The van der Waals surface area contributed by atoms with Gasteiger partial charge in [-0.2, -0.15) is 0 Å². The monoisotopic (exact) mass is 1330 g/mol. The van der Waals surface area contributed by atoms with Crippen LogP contribution in [0, 0.1) is 0 Å². The molecule has 0 saturated carbocycles. The summed E-state index contributed by atoms with van der Waals surface area (Å²) in [7, 11) is -1.32. The molecule has 3 aliphatic heterocycles. The smallest absolute Gasteiger partial charge is 0.405 e. The summed E-state index contributed by atoms with van der Waals surface area (Å²) in [5.41, 5.74) is 15.6. The average molecular weight is 1330 g/mol. The number of hydrogen-bond donors (Lipinski definition) is 0. The third kappa shape index (κ3) is 11.0. The van der Waals surface area contributed by atoms with Gasteiger partial charge in [-0.25, -0.2) is 0 Å². The van der Waals surface area contributed by atoms with Crippen molar-refractivity contribution in [2.24, 2.45) is 0 Å². The lowest BCUT2D eigenvalue weighted by atomic mass is 9.49. The maximum absolute atomic E-state index is 6.28. The zero-order valence-electron chi connectivity index (χ0n) is 56.6. The van der Waals surface area contributed by atoms with E-state index in [1.54, 1.807) is 0 Å². The van der Waals surface area contributed by atoms with E-state index in [2.05, 4.69) is 317 Å². The Hall–Kier alpha value is -8.69. The number of benzene rings is 10. The molecule has 14 heteroatoms. The minimum atomic E-state index is -0.476. The van der Waals surface area contributed by atoms with Crippen molar-refractivity contribution >= 4 is 108 Å². The fourth-order valence-electron chi connectivity index (χ4n) is 13.6. The summed E-state index contributed by atoms with van der Waals surface area (Å²) < 4.78 is 46.9. The van der Waals surface area contributed by atoms with Crippen LogP contribution in [0.5, 0.6) is 0 Å². The molecule has 3 aliphatic rings. The second kappa shape index (κ2) is 23.8. The molecule has 0 unspecified atom stereocenters. The standard InChI is InChI=1S/C38H33BN2O2.C32H21BrN2.C12H24B2O4/c1-37(2)38(3,4)43-39(42-37)28-18-15-26(16-19-28)27-17-21-35-33(25-27)31-20-22-34-32(23-24-40(34)29-11-7-5-8-12-29)36(31)41(35)30-13-9-6-10-14-30;33-24-14-11-22(12-15-24)23-13-17-31-29(21-23)27-16-18-30-28(19-20-34(30)25-7-3-1-4-8-25)32(27)35(31)26-9-5-2-6-10-26;1-9(2)10(3,4)16-13(15-9)14-17-11(5,6)12(7,8)18-14/h5-25H,1-4H3;1-21H;1-8H3. The SMILES string of the molecule is Brc1ccc(-c2ccc3c(c2)c2ccc4c(ccn4-c4ccccc4)c2n3-c2ccccc2)cc1.CC1(C)OB(B2OC(C)(C)C(C)(C)O2)OC1(C)C.CC1(C)OB(c2ccc(-c3ccc4c(c3)c3ccc5c(ccn5-c5ccccc5)c3n4-c3ccccc3)cc2)OC1(C)C. The Morgan fingerprint density at radius 2 is 0.594 bits per heavy atom. The summed E-state index contributed by atoms with van der Waals surface area (Å²) in [6.07, 6.45) is 4.36. The third-order valence-electron chi connectivity index (χ3n) is 21.0. The fraction of sp³-hybridized carbons (Fsp3) is 0.220. The third-order valence-corrected chi connectivity index (χ3v) is 21.5. The Kier molecular flexibility index (Phi) is 15.7. The molecule has 0 bridgehead atoms. The van der Waals surface area contributed by atoms with Crippen LogP contribution in [0.4, 0.5) is 0 Å². The van der Waals surface area contributed by atoms with Gasteiger partial charge in [-0.1, -0.05) is 149 Å². The van der Waals surface area contributed by atoms with Gasteiger partial charge in [0.15, 0.2) is 0 Å². The van der Waals surface area contributed by atoms with Crippen LogP contribution < -0.4 is 5.46 Å². The van der Waals surface area contributed by atoms with Crippen molar-refractivity contribution in [1.82, 2.24) is 18.3 Å². The van der Waals surface area contributed by atoms with Gasteiger partial charge >= 0.3 is 21.1 Å². The van der Waals surface area contributed by atoms with Crippen LogP contribution in [0.25, 0.3) is 110 Å². The van der Waals surface area contributed by atoms with Crippen LogP contribution in [0.2, 0.25) is 0 Å². The molecule has 14 aromatic rings. The van der Waals surface area contributed by atoms with Crippen LogP contribution >= 0.6 is 15.9 Å². The number of hydrogen-bond acceptors (Lipinski definition) is 6. The van der Waals surface area contributed by atoms with Gasteiger partial charge in [0.05, 0.1) is 66.7 Å². The van der Waals surface area contributed by atoms with E-state index in [4.69, 9.17) is 27.9 Å². The van der Waals surface area contributed by atoms with E-state index in [1.807, 2.05) is 55.4 Å². The predicted octanol–water partition coefficient (Wildman–Crippen LogP) is 20.1.